The maximum absolute atomic E-state index is 13.0. The normalized spacial score (nSPS) is 50.7. The monoisotopic (exact) mass is 511 g/mol. The molecule has 0 aromatic rings. The second-order valence-corrected chi connectivity index (χ2v) is 14.4. The molecule has 4 nitrogen and oxygen atoms in total. The van der Waals surface area contributed by atoms with Gasteiger partial charge in [0.1, 0.15) is 6.54 Å². The van der Waals surface area contributed by atoms with Crippen LogP contribution in [0, 0.1) is 45.3 Å². The number of aliphatic hydroxyl groups excluding tert-OH is 1. The van der Waals surface area contributed by atoms with Crippen molar-refractivity contribution in [3.8, 4) is 0 Å². The standard InChI is InChI=1S/C29H44F3NO3/c1-17(34)33(16-29(30,31)32)14-18-5-6-20-22(36-18)13-21-19-7-8-23-25(2,3)24(35)9-10-28(23)15-27(19,28)12-11-26(20,21)4/h18-24,35H,5-16H2,1-4H3/t18?,19?,20?,21?,22?,23?,24-,26?,27-,28?/m0/s1. The number of fused-ring (bicyclic) bond motifs is 4. The van der Waals surface area contributed by atoms with Crippen molar-refractivity contribution in [2.45, 2.75) is 116 Å². The molecule has 6 aliphatic rings. The number of rotatable bonds is 3. The van der Waals surface area contributed by atoms with Crippen LogP contribution in [0.4, 0.5) is 13.2 Å². The molecule has 1 N–H and O–H groups in total. The van der Waals surface area contributed by atoms with Gasteiger partial charge in [0.2, 0.25) is 5.91 Å². The molecule has 5 saturated carbocycles. The minimum absolute atomic E-state index is 0.00747. The molecule has 6 fully saturated rings. The fourth-order valence-electron chi connectivity index (χ4n) is 11.2. The molecule has 7 heteroatoms. The Labute approximate surface area is 213 Å². The first-order chi connectivity index (χ1) is 16.7. The zero-order chi connectivity index (χ0) is 25.9. The molecule has 2 spiro atoms. The summed E-state index contributed by atoms with van der Waals surface area (Å²) in [6, 6.07) is 0. The summed E-state index contributed by atoms with van der Waals surface area (Å²) >= 11 is 0. The topological polar surface area (TPSA) is 49.8 Å². The zero-order valence-electron chi connectivity index (χ0n) is 22.4. The molecule has 1 heterocycles. The van der Waals surface area contributed by atoms with Crippen LogP contribution >= 0.6 is 0 Å². The first-order valence-corrected chi connectivity index (χ1v) is 14.4. The van der Waals surface area contributed by atoms with Gasteiger partial charge in [-0.2, -0.15) is 13.2 Å². The van der Waals surface area contributed by atoms with Crippen LogP contribution in [0.25, 0.3) is 0 Å². The molecule has 36 heavy (non-hydrogen) atoms. The van der Waals surface area contributed by atoms with Crippen molar-refractivity contribution in [2.75, 3.05) is 13.1 Å². The first-order valence-electron chi connectivity index (χ1n) is 14.4. The lowest BCUT2D eigenvalue weighted by Crippen LogP contribution is -2.54. The van der Waals surface area contributed by atoms with Gasteiger partial charge in [-0.1, -0.05) is 20.8 Å². The number of ether oxygens (including phenoxy) is 1. The number of hydrogen-bond donors (Lipinski definition) is 1. The Morgan fingerprint density at radius 3 is 2.39 bits per heavy atom. The predicted octanol–water partition coefficient (Wildman–Crippen LogP) is 5.96. The van der Waals surface area contributed by atoms with E-state index in [2.05, 4.69) is 20.8 Å². The first kappa shape index (κ1) is 25.5. The number of carbonyl (C=O) groups is 1. The molecule has 0 aromatic heterocycles. The van der Waals surface area contributed by atoms with Crippen LogP contribution in [0.3, 0.4) is 0 Å². The van der Waals surface area contributed by atoms with Gasteiger partial charge in [-0.05, 0) is 110 Å². The van der Waals surface area contributed by atoms with Crippen molar-refractivity contribution < 1.29 is 27.8 Å². The lowest BCUT2D eigenvalue weighted by molar-refractivity contribution is -0.168. The second kappa shape index (κ2) is 7.86. The highest BCUT2D eigenvalue weighted by Gasteiger charge is 2.80. The van der Waals surface area contributed by atoms with Crippen LogP contribution in [-0.2, 0) is 9.53 Å². The second-order valence-electron chi connectivity index (χ2n) is 14.4. The van der Waals surface area contributed by atoms with Crippen LogP contribution < -0.4 is 0 Å². The van der Waals surface area contributed by atoms with Gasteiger partial charge in [0, 0.05) is 13.5 Å². The van der Waals surface area contributed by atoms with Crippen LogP contribution in [0.15, 0.2) is 0 Å². The van der Waals surface area contributed by atoms with Crippen LogP contribution in [-0.4, -0.2) is 53.5 Å². The molecular weight excluding hydrogens is 467 g/mol. The van der Waals surface area contributed by atoms with Crippen LogP contribution in [0.5, 0.6) is 0 Å². The third-order valence-electron chi connectivity index (χ3n) is 12.9. The average Bonchev–Trinajstić information content (AvgIpc) is 3.36. The number of aliphatic hydroxyl groups is 1. The number of hydrogen-bond acceptors (Lipinski definition) is 3. The molecule has 0 aromatic carbocycles. The lowest BCUT2D eigenvalue weighted by Gasteiger charge is -2.59. The number of amides is 1. The molecule has 1 saturated heterocycles. The Balaban J connectivity index is 1.19. The van der Waals surface area contributed by atoms with E-state index >= 15 is 0 Å². The average molecular weight is 512 g/mol. The summed E-state index contributed by atoms with van der Waals surface area (Å²) in [5, 5.41) is 10.8. The summed E-state index contributed by atoms with van der Waals surface area (Å²) in [7, 11) is 0. The number of halogens is 3. The van der Waals surface area contributed by atoms with Crippen molar-refractivity contribution in [3.63, 3.8) is 0 Å². The fraction of sp³-hybridized carbons (Fsp3) is 0.966. The van der Waals surface area contributed by atoms with Gasteiger partial charge in [0.25, 0.3) is 0 Å². The largest absolute Gasteiger partial charge is 0.406 e. The maximum Gasteiger partial charge on any atom is 0.406 e. The van der Waals surface area contributed by atoms with E-state index in [9.17, 15) is 23.1 Å². The SMILES string of the molecule is CC(=O)N(CC1CCC2C(CC3C4CCC5C(C)(C)[C@@H](O)CCC56C[C@@]46CCC23C)O1)CC(F)(F)F. The van der Waals surface area contributed by atoms with Crippen molar-refractivity contribution in [3.05, 3.63) is 0 Å². The molecule has 0 bridgehead atoms. The smallest absolute Gasteiger partial charge is 0.393 e. The highest BCUT2D eigenvalue weighted by Crippen LogP contribution is 2.87. The molecule has 5 aliphatic carbocycles. The lowest BCUT2D eigenvalue weighted by atomic mass is 9.46. The van der Waals surface area contributed by atoms with Gasteiger partial charge in [0.05, 0.1) is 18.3 Å². The molecule has 0 radical (unpaired) electrons. The van der Waals surface area contributed by atoms with Gasteiger partial charge in [-0.25, -0.2) is 0 Å². The Bertz CT molecular complexity index is 922. The number of carbonyl (C=O) groups excluding carboxylic acids is 1. The van der Waals surface area contributed by atoms with Crippen molar-refractivity contribution in [2.24, 2.45) is 45.3 Å². The Kier molecular flexibility index (Phi) is 5.56. The Hall–Kier alpha value is -0.820. The van der Waals surface area contributed by atoms with Crippen molar-refractivity contribution in [1.29, 1.82) is 0 Å². The summed E-state index contributed by atoms with van der Waals surface area (Å²) in [4.78, 5) is 12.8. The summed E-state index contributed by atoms with van der Waals surface area (Å²) in [6.45, 7) is 7.13. The molecule has 1 amide bonds. The Morgan fingerprint density at radius 1 is 0.972 bits per heavy atom. The third kappa shape index (κ3) is 3.42. The summed E-state index contributed by atoms with van der Waals surface area (Å²) < 4.78 is 45.6. The Morgan fingerprint density at radius 2 is 1.69 bits per heavy atom. The number of nitrogens with zero attached hydrogens (tertiary/aromatic N) is 1. The van der Waals surface area contributed by atoms with Gasteiger partial charge >= 0.3 is 6.18 Å². The molecule has 1 aliphatic heterocycles. The highest BCUT2D eigenvalue weighted by molar-refractivity contribution is 5.73. The van der Waals surface area contributed by atoms with Crippen molar-refractivity contribution in [1.82, 2.24) is 4.90 Å². The molecular formula is C29H44F3NO3. The van der Waals surface area contributed by atoms with Crippen LogP contribution in [0.2, 0.25) is 0 Å². The van der Waals surface area contributed by atoms with Gasteiger partial charge < -0.3 is 14.7 Å². The van der Waals surface area contributed by atoms with Crippen molar-refractivity contribution >= 4 is 5.91 Å². The van der Waals surface area contributed by atoms with Crippen LogP contribution in [0.1, 0.15) is 91.9 Å². The van der Waals surface area contributed by atoms with E-state index < -0.39 is 18.6 Å². The van der Waals surface area contributed by atoms with Gasteiger partial charge in [0.15, 0.2) is 0 Å². The van der Waals surface area contributed by atoms with E-state index in [-0.39, 0.29) is 35.7 Å². The zero-order valence-corrected chi connectivity index (χ0v) is 22.4. The van der Waals surface area contributed by atoms with E-state index in [1.165, 1.54) is 45.4 Å². The van der Waals surface area contributed by atoms with E-state index in [0.29, 0.717) is 34.5 Å². The fourth-order valence-corrected chi connectivity index (χ4v) is 11.2. The van der Waals surface area contributed by atoms with E-state index in [4.69, 9.17) is 4.74 Å². The summed E-state index contributed by atoms with van der Waals surface area (Å²) in [5.74, 6) is 1.88. The predicted molar refractivity (Wildman–Crippen MR) is 130 cm³/mol. The van der Waals surface area contributed by atoms with E-state index in [1.807, 2.05) is 0 Å². The molecule has 10 atom stereocenters. The molecule has 6 rings (SSSR count). The highest BCUT2D eigenvalue weighted by atomic mass is 19.4. The third-order valence-corrected chi connectivity index (χ3v) is 12.9. The minimum atomic E-state index is -4.39. The number of alkyl halides is 3. The molecule has 204 valence electrons. The minimum Gasteiger partial charge on any atom is -0.393 e. The van der Waals surface area contributed by atoms with Gasteiger partial charge in [-0.15, -0.1) is 0 Å². The maximum atomic E-state index is 13.0. The van der Waals surface area contributed by atoms with E-state index in [1.54, 1.807) is 0 Å². The van der Waals surface area contributed by atoms with Gasteiger partial charge in [-0.3, -0.25) is 4.79 Å². The molecule has 8 unspecified atom stereocenters. The summed E-state index contributed by atoms with van der Waals surface area (Å²) in [6.07, 6.45) is 6.39. The van der Waals surface area contributed by atoms with E-state index in [0.717, 1.165) is 30.6 Å². The summed E-state index contributed by atoms with van der Waals surface area (Å²) in [5.41, 5.74) is 1.09. The quantitative estimate of drug-likeness (QED) is 0.508.